The van der Waals surface area contributed by atoms with Gasteiger partial charge in [-0.1, -0.05) is 35.3 Å². The molecule has 158 valence electrons. The van der Waals surface area contributed by atoms with Crippen molar-refractivity contribution < 1.29 is 13.2 Å². The first-order chi connectivity index (χ1) is 14.1. The number of sulfone groups is 1. The van der Waals surface area contributed by atoms with Crippen LogP contribution in [0.25, 0.3) is 5.69 Å². The first-order valence-corrected chi connectivity index (χ1v) is 11.8. The number of rotatable bonds is 6. The Hall–Kier alpha value is -2.35. The van der Waals surface area contributed by atoms with Crippen molar-refractivity contribution in [3.05, 3.63) is 75.0 Å². The number of benzene rings is 2. The molecule has 3 rings (SSSR count). The lowest BCUT2D eigenvalue weighted by Crippen LogP contribution is -2.25. The van der Waals surface area contributed by atoms with E-state index >= 15 is 0 Å². The van der Waals surface area contributed by atoms with Gasteiger partial charge in [0.15, 0.2) is 9.84 Å². The molecule has 0 saturated carbocycles. The fraction of sp³-hybridized carbons (Fsp3) is 0.238. The van der Waals surface area contributed by atoms with Gasteiger partial charge in [-0.3, -0.25) is 4.79 Å². The minimum absolute atomic E-state index is 0.157. The highest BCUT2D eigenvalue weighted by Gasteiger charge is 2.17. The second-order valence-electron chi connectivity index (χ2n) is 7.03. The van der Waals surface area contributed by atoms with Gasteiger partial charge < -0.3 is 5.32 Å². The van der Waals surface area contributed by atoms with Crippen molar-refractivity contribution in [3.63, 3.8) is 0 Å². The molecule has 1 amide bonds. The Morgan fingerprint density at radius 2 is 1.77 bits per heavy atom. The van der Waals surface area contributed by atoms with E-state index in [1.165, 1.54) is 12.1 Å². The second kappa shape index (κ2) is 8.79. The molecule has 0 fully saturated rings. The summed E-state index contributed by atoms with van der Waals surface area (Å²) in [5.74, 6) is -0.157. The minimum atomic E-state index is -3.24. The number of halogens is 2. The van der Waals surface area contributed by atoms with Crippen molar-refractivity contribution in [2.75, 3.05) is 6.26 Å². The van der Waals surface area contributed by atoms with E-state index in [-0.39, 0.29) is 17.2 Å². The maximum absolute atomic E-state index is 12.5. The highest BCUT2D eigenvalue weighted by atomic mass is 35.5. The van der Waals surface area contributed by atoms with Gasteiger partial charge in [-0.25, -0.2) is 13.1 Å². The van der Waals surface area contributed by atoms with E-state index < -0.39 is 9.84 Å². The third-order valence-corrected chi connectivity index (χ3v) is 6.42. The molecule has 0 bridgehead atoms. The summed E-state index contributed by atoms with van der Waals surface area (Å²) in [6.07, 6.45) is 1.33. The number of amides is 1. The highest BCUT2D eigenvalue weighted by molar-refractivity contribution is 7.90. The number of nitrogens with zero attached hydrogens (tertiary/aromatic N) is 2. The molecule has 0 saturated heterocycles. The van der Waals surface area contributed by atoms with Crippen LogP contribution in [0, 0.1) is 13.8 Å². The van der Waals surface area contributed by atoms with E-state index in [0.29, 0.717) is 22.3 Å². The zero-order valence-corrected chi connectivity index (χ0v) is 19.1. The van der Waals surface area contributed by atoms with Crippen molar-refractivity contribution in [2.45, 2.75) is 31.7 Å². The lowest BCUT2D eigenvalue weighted by Gasteiger charge is -2.09. The topological polar surface area (TPSA) is 81.1 Å². The number of hydrogen-bond acceptors (Lipinski definition) is 4. The fourth-order valence-corrected chi connectivity index (χ4v) is 4.22. The molecular weight excluding hydrogens is 445 g/mol. The van der Waals surface area contributed by atoms with Crippen LogP contribution in [0.15, 0.2) is 47.4 Å². The minimum Gasteiger partial charge on any atom is -0.352 e. The lowest BCUT2D eigenvalue weighted by atomic mass is 10.1. The van der Waals surface area contributed by atoms with Gasteiger partial charge in [0.05, 0.1) is 27.7 Å². The van der Waals surface area contributed by atoms with Gasteiger partial charge in [0.2, 0.25) is 5.91 Å². The monoisotopic (exact) mass is 465 g/mol. The molecule has 1 heterocycles. The van der Waals surface area contributed by atoms with Crippen LogP contribution in [0.1, 0.15) is 22.5 Å². The van der Waals surface area contributed by atoms with Crippen molar-refractivity contribution in [1.29, 1.82) is 0 Å². The molecule has 9 heteroatoms. The molecule has 2 aromatic carbocycles. The number of aryl methyl sites for hydroxylation is 1. The number of aromatic nitrogens is 2. The number of carbonyl (C=O) groups excluding carboxylic acids is 1. The van der Waals surface area contributed by atoms with Gasteiger partial charge in [-0.15, -0.1) is 0 Å². The standard InChI is InChI=1S/C21H21Cl2N3O3S/c1-13-18(14(2)26(25-13)20-9-6-16(22)10-19(20)23)11-21(27)24-12-15-4-7-17(8-5-15)30(3,28)29/h4-10H,11-12H2,1-3H3,(H,24,27). The van der Waals surface area contributed by atoms with Gasteiger partial charge in [-0.05, 0) is 49.7 Å². The van der Waals surface area contributed by atoms with Crippen LogP contribution >= 0.6 is 23.2 Å². The maximum Gasteiger partial charge on any atom is 0.224 e. The van der Waals surface area contributed by atoms with Crippen LogP contribution in [0.3, 0.4) is 0 Å². The summed E-state index contributed by atoms with van der Waals surface area (Å²) in [6.45, 7) is 4.04. The predicted octanol–water partition coefficient (Wildman–Crippen LogP) is 4.06. The molecule has 3 aromatic rings. The average molecular weight is 466 g/mol. The zero-order chi connectivity index (χ0) is 22.1. The zero-order valence-electron chi connectivity index (χ0n) is 16.7. The molecule has 1 aromatic heterocycles. The molecule has 0 atom stereocenters. The third-order valence-electron chi connectivity index (χ3n) is 4.76. The van der Waals surface area contributed by atoms with Crippen molar-refractivity contribution >= 4 is 38.9 Å². The lowest BCUT2D eigenvalue weighted by molar-refractivity contribution is -0.120. The Labute approximate surface area is 185 Å². The number of carbonyl (C=O) groups is 1. The van der Waals surface area contributed by atoms with E-state index in [1.54, 1.807) is 35.0 Å². The van der Waals surface area contributed by atoms with Crippen LogP contribution in [0.2, 0.25) is 10.0 Å². The molecule has 0 unspecified atom stereocenters. The van der Waals surface area contributed by atoms with Crippen LogP contribution in [-0.2, 0) is 27.6 Å². The Bertz CT molecular complexity index is 1200. The second-order valence-corrected chi connectivity index (χ2v) is 9.89. The largest absolute Gasteiger partial charge is 0.352 e. The summed E-state index contributed by atoms with van der Waals surface area (Å²) < 4.78 is 24.8. The normalized spacial score (nSPS) is 11.5. The van der Waals surface area contributed by atoms with Gasteiger partial charge in [0.25, 0.3) is 0 Å². The van der Waals surface area contributed by atoms with Crippen molar-refractivity contribution in [3.8, 4) is 5.69 Å². The first kappa shape index (κ1) is 22.3. The van der Waals surface area contributed by atoms with Crippen LogP contribution < -0.4 is 5.32 Å². The molecule has 0 aliphatic rings. The van der Waals surface area contributed by atoms with Gasteiger partial charge in [0.1, 0.15) is 0 Å². The van der Waals surface area contributed by atoms with Crippen molar-refractivity contribution in [2.24, 2.45) is 0 Å². The summed E-state index contributed by atoms with van der Waals surface area (Å²) in [7, 11) is -3.24. The van der Waals surface area contributed by atoms with E-state index in [9.17, 15) is 13.2 Å². The molecule has 0 aliphatic carbocycles. The van der Waals surface area contributed by atoms with Crippen molar-refractivity contribution in [1.82, 2.24) is 15.1 Å². The van der Waals surface area contributed by atoms with Crippen LogP contribution in [0.5, 0.6) is 0 Å². The molecule has 30 heavy (non-hydrogen) atoms. The Morgan fingerprint density at radius 3 is 2.37 bits per heavy atom. The Morgan fingerprint density at radius 1 is 1.10 bits per heavy atom. The van der Waals surface area contributed by atoms with E-state index in [4.69, 9.17) is 23.2 Å². The van der Waals surface area contributed by atoms with Gasteiger partial charge >= 0.3 is 0 Å². The number of hydrogen-bond donors (Lipinski definition) is 1. The average Bonchev–Trinajstić information content (AvgIpc) is 2.94. The molecule has 1 N–H and O–H groups in total. The predicted molar refractivity (Wildman–Crippen MR) is 118 cm³/mol. The van der Waals surface area contributed by atoms with E-state index in [2.05, 4.69) is 10.4 Å². The first-order valence-electron chi connectivity index (χ1n) is 9.12. The third kappa shape index (κ3) is 5.03. The van der Waals surface area contributed by atoms with Crippen LogP contribution in [0.4, 0.5) is 0 Å². The molecule has 0 aliphatic heterocycles. The highest BCUT2D eigenvalue weighted by Crippen LogP contribution is 2.27. The summed E-state index contributed by atoms with van der Waals surface area (Å²) in [4.78, 5) is 12.7. The summed E-state index contributed by atoms with van der Waals surface area (Å²) in [6, 6.07) is 11.6. The van der Waals surface area contributed by atoms with E-state index in [0.717, 1.165) is 28.8 Å². The Kier molecular flexibility index (Phi) is 6.55. The fourth-order valence-electron chi connectivity index (χ4n) is 3.10. The maximum atomic E-state index is 12.5. The number of nitrogens with one attached hydrogen (secondary N) is 1. The smallest absolute Gasteiger partial charge is 0.224 e. The molecular formula is C21H21Cl2N3O3S. The quantitative estimate of drug-likeness (QED) is 0.594. The van der Waals surface area contributed by atoms with Crippen LogP contribution in [-0.4, -0.2) is 30.4 Å². The van der Waals surface area contributed by atoms with Gasteiger partial charge in [0, 0.05) is 29.1 Å². The Balaban J connectivity index is 1.70. The SMILES string of the molecule is Cc1nn(-c2ccc(Cl)cc2Cl)c(C)c1CC(=O)NCc1ccc(S(C)(=O)=O)cc1. The molecule has 0 spiro atoms. The van der Waals surface area contributed by atoms with Gasteiger partial charge in [-0.2, -0.15) is 5.10 Å². The summed E-state index contributed by atoms with van der Waals surface area (Å²) in [5, 5.41) is 8.40. The summed E-state index contributed by atoms with van der Waals surface area (Å²) >= 11 is 12.3. The molecule has 6 nitrogen and oxygen atoms in total. The molecule has 0 radical (unpaired) electrons. The van der Waals surface area contributed by atoms with E-state index in [1.807, 2.05) is 13.8 Å². The summed E-state index contributed by atoms with van der Waals surface area (Å²) in [5.41, 5.74) is 3.90.